The maximum atomic E-state index is 5.44. The molecule has 2 rings (SSSR count). The summed E-state index contributed by atoms with van der Waals surface area (Å²) in [5.74, 6) is 0.975. The van der Waals surface area contributed by atoms with Gasteiger partial charge in [-0.2, -0.15) is 0 Å². The molecule has 1 heterocycles. The van der Waals surface area contributed by atoms with Crippen molar-refractivity contribution < 1.29 is 4.74 Å². The van der Waals surface area contributed by atoms with Crippen molar-refractivity contribution in [1.82, 2.24) is 0 Å². The topological polar surface area (TPSA) is 21.3 Å². The molecule has 0 saturated carbocycles. The molecule has 0 unspecified atom stereocenters. The molecule has 0 aliphatic carbocycles. The Bertz CT molecular complexity index is 275. The number of nitrogens with one attached hydrogen (secondary N) is 1. The maximum Gasteiger partial charge on any atom is 0.143 e. The van der Waals surface area contributed by atoms with Crippen LogP contribution in [-0.2, 0) is 0 Å². The second kappa shape index (κ2) is 2.89. The van der Waals surface area contributed by atoms with Gasteiger partial charge in [0, 0.05) is 10.1 Å². The minimum Gasteiger partial charge on any atom is -0.490 e. The van der Waals surface area contributed by atoms with Gasteiger partial charge in [-0.25, -0.2) is 0 Å². The van der Waals surface area contributed by atoms with Crippen LogP contribution in [0.5, 0.6) is 5.75 Å². The summed E-state index contributed by atoms with van der Waals surface area (Å²) in [5, 5.41) is 3.30. The Morgan fingerprint density at radius 3 is 3.18 bits per heavy atom. The zero-order valence-electron chi connectivity index (χ0n) is 5.93. The first kappa shape index (κ1) is 7.21. The van der Waals surface area contributed by atoms with Gasteiger partial charge in [0.1, 0.15) is 12.4 Å². The van der Waals surface area contributed by atoms with Gasteiger partial charge in [-0.05, 0) is 34.7 Å². The van der Waals surface area contributed by atoms with Crippen LogP contribution >= 0.6 is 22.6 Å². The minimum atomic E-state index is 0.771. The van der Waals surface area contributed by atoms with E-state index >= 15 is 0 Å². The van der Waals surface area contributed by atoms with Crippen LogP contribution in [-0.4, -0.2) is 13.2 Å². The van der Waals surface area contributed by atoms with E-state index in [1.54, 1.807) is 0 Å². The molecule has 0 radical (unpaired) electrons. The third-order valence-corrected chi connectivity index (χ3v) is 2.54. The van der Waals surface area contributed by atoms with Crippen molar-refractivity contribution >= 4 is 28.3 Å². The largest absolute Gasteiger partial charge is 0.490 e. The van der Waals surface area contributed by atoms with Gasteiger partial charge >= 0.3 is 0 Å². The Kier molecular flexibility index (Phi) is 1.89. The Morgan fingerprint density at radius 1 is 1.45 bits per heavy atom. The standard InChI is InChI=1S/C8H8INO/c9-6-2-1-3-7-8(6)10-4-5-11-7/h1-3,10H,4-5H2. The van der Waals surface area contributed by atoms with Crippen molar-refractivity contribution in [3.8, 4) is 5.75 Å². The van der Waals surface area contributed by atoms with E-state index in [-0.39, 0.29) is 0 Å². The van der Waals surface area contributed by atoms with E-state index < -0.39 is 0 Å². The number of halogens is 1. The van der Waals surface area contributed by atoms with Crippen LogP contribution in [0.4, 0.5) is 5.69 Å². The molecule has 0 amide bonds. The van der Waals surface area contributed by atoms with Crippen molar-refractivity contribution in [1.29, 1.82) is 0 Å². The van der Waals surface area contributed by atoms with E-state index in [4.69, 9.17) is 4.74 Å². The fraction of sp³-hybridized carbons (Fsp3) is 0.250. The van der Waals surface area contributed by atoms with Crippen molar-refractivity contribution in [3.05, 3.63) is 21.8 Å². The maximum absolute atomic E-state index is 5.44. The molecule has 0 bridgehead atoms. The molecule has 1 aromatic rings. The lowest BCUT2D eigenvalue weighted by Crippen LogP contribution is -2.18. The molecule has 1 aromatic carbocycles. The molecular formula is C8H8INO. The monoisotopic (exact) mass is 261 g/mol. The molecular weight excluding hydrogens is 253 g/mol. The van der Waals surface area contributed by atoms with Gasteiger partial charge in [0.2, 0.25) is 0 Å². The molecule has 2 nitrogen and oxygen atoms in total. The second-order valence-corrected chi connectivity index (χ2v) is 3.55. The van der Waals surface area contributed by atoms with Gasteiger partial charge in [0.15, 0.2) is 0 Å². The lowest BCUT2D eigenvalue weighted by molar-refractivity contribution is 0.323. The summed E-state index contributed by atoms with van der Waals surface area (Å²) in [6, 6.07) is 6.07. The number of para-hydroxylation sites is 1. The highest BCUT2D eigenvalue weighted by molar-refractivity contribution is 14.1. The number of ether oxygens (including phenoxy) is 1. The average Bonchev–Trinajstić information content (AvgIpc) is 2.06. The summed E-state index contributed by atoms with van der Waals surface area (Å²) < 4.78 is 6.66. The van der Waals surface area contributed by atoms with Crippen LogP contribution in [0.25, 0.3) is 0 Å². The SMILES string of the molecule is Ic1cccc2c1NCCO2. The minimum absolute atomic E-state index is 0.771. The lowest BCUT2D eigenvalue weighted by Gasteiger charge is -2.19. The van der Waals surface area contributed by atoms with Gasteiger partial charge < -0.3 is 10.1 Å². The Hall–Kier alpha value is -0.450. The predicted octanol–water partition coefficient (Wildman–Crippen LogP) is 2.10. The third-order valence-electron chi connectivity index (χ3n) is 1.64. The number of hydrogen-bond acceptors (Lipinski definition) is 2. The highest BCUT2D eigenvalue weighted by Gasteiger charge is 2.10. The van der Waals surface area contributed by atoms with Gasteiger partial charge in [0.25, 0.3) is 0 Å². The number of hydrogen-bond donors (Lipinski definition) is 1. The number of benzene rings is 1. The Morgan fingerprint density at radius 2 is 2.36 bits per heavy atom. The number of rotatable bonds is 0. The second-order valence-electron chi connectivity index (χ2n) is 2.39. The van der Waals surface area contributed by atoms with Gasteiger partial charge in [-0.3, -0.25) is 0 Å². The zero-order chi connectivity index (χ0) is 7.68. The summed E-state index contributed by atoms with van der Waals surface area (Å²) in [7, 11) is 0. The van der Waals surface area contributed by atoms with Gasteiger partial charge in [-0.15, -0.1) is 0 Å². The highest BCUT2D eigenvalue weighted by Crippen LogP contribution is 2.31. The van der Waals surface area contributed by atoms with Crippen molar-refractivity contribution in [2.24, 2.45) is 0 Å². The van der Waals surface area contributed by atoms with Crippen molar-refractivity contribution in [2.75, 3.05) is 18.5 Å². The summed E-state index contributed by atoms with van der Waals surface area (Å²) in [6.45, 7) is 1.68. The van der Waals surface area contributed by atoms with Crippen LogP contribution in [0.2, 0.25) is 0 Å². The normalized spacial score (nSPS) is 14.6. The van der Waals surface area contributed by atoms with E-state index in [1.807, 2.05) is 12.1 Å². The molecule has 11 heavy (non-hydrogen) atoms. The van der Waals surface area contributed by atoms with Crippen molar-refractivity contribution in [2.45, 2.75) is 0 Å². The summed E-state index contributed by atoms with van der Waals surface area (Å²) in [4.78, 5) is 0. The zero-order valence-corrected chi connectivity index (χ0v) is 8.09. The molecule has 0 spiro atoms. The number of anilines is 1. The molecule has 3 heteroatoms. The van der Waals surface area contributed by atoms with Crippen LogP contribution in [0.15, 0.2) is 18.2 Å². The van der Waals surface area contributed by atoms with Crippen LogP contribution in [0, 0.1) is 3.57 Å². The molecule has 0 aromatic heterocycles. The highest BCUT2D eigenvalue weighted by atomic mass is 127. The van der Waals surface area contributed by atoms with E-state index in [1.165, 1.54) is 3.57 Å². The van der Waals surface area contributed by atoms with E-state index in [0.29, 0.717) is 0 Å². The van der Waals surface area contributed by atoms with Gasteiger partial charge in [-0.1, -0.05) is 6.07 Å². The molecule has 0 atom stereocenters. The lowest BCUT2D eigenvalue weighted by atomic mass is 10.2. The molecule has 0 fully saturated rings. The average molecular weight is 261 g/mol. The van der Waals surface area contributed by atoms with Crippen LogP contribution in [0.1, 0.15) is 0 Å². The fourth-order valence-electron chi connectivity index (χ4n) is 1.13. The summed E-state index contributed by atoms with van der Waals surface area (Å²) in [5.41, 5.74) is 1.14. The molecule has 58 valence electrons. The first-order valence-corrected chi connectivity index (χ1v) is 4.61. The smallest absolute Gasteiger partial charge is 0.143 e. The van der Waals surface area contributed by atoms with Crippen LogP contribution in [0.3, 0.4) is 0 Å². The number of fused-ring (bicyclic) bond motifs is 1. The van der Waals surface area contributed by atoms with E-state index in [2.05, 4.69) is 34.0 Å². The van der Waals surface area contributed by atoms with E-state index in [0.717, 1.165) is 24.6 Å². The molecule has 1 aliphatic rings. The third kappa shape index (κ3) is 1.29. The first-order valence-electron chi connectivity index (χ1n) is 3.53. The quantitative estimate of drug-likeness (QED) is 0.722. The Balaban J connectivity index is 2.49. The molecule has 0 saturated heterocycles. The molecule has 1 aliphatic heterocycles. The van der Waals surface area contributed by atoms with E-state index in [9.17, 15) is 0 Å². The first-order chi connectivity index (χ1) is 5.38. The molecule has 1 N–H and O–H groups in total. The predicted molar refractivity (Wildman–Crippen MR) is 53.1 cm³/mol. The fourth-order valence-corrected chi connectivity index (χ4v) is 1.80. The summed E-state index contributed by atoms with van der Waals surface area (Å²) in [6.07, 6.45) is 0. The Labute approximate surface area is 79.1 Å². The van der Waals surface area contributed by atoms with Crippen molar-refractivity contribution in [3.63, 3.8) is 0 Å². The van der Waals surface area contributed by atoms with Gasteiger partial charge in [0.05, 0.1) is 5.69 Å². The summed E-state index contributed by atoms with van der Waals surface area (Å²) >= 11 is 2.30. The van der Waals surface area contributed by atoms with Crippen LogP contribution < -0.4 is 10.1 Å².